The van der Waals surface area contributed by atoms with Crippen LogP contribution < -0.4 is 14.2 Å². The molecule has 1 heterocycles. The van der Waals surface area contributed by atoms with Crippen molar-refractivity contribution in [2.24, 2.45) is 5.92 Å². The van der Waals surface area contributed by atoms with Gasteiger partial charge in [0.15, 0.2) is 0 Å². The van der Waals surface area contributed by atoms with Crippen molar-refractivity contribution in [3.63, 3.8) is 0 Å². The summed E-state index contributed by atoms with van der Waals surface area (Å²) in [6.07, 6.45) is 48.3. The van der Waals surface area contributed by atoms with E-state index in [1.165, 1.54) is 329 Å². The third-order valence-electron chi connectivity index (χ3n) is 32.3. The SMILES string of the molecule is CCCCCCCCCCOc1ccc2c(-c3ccc4ccccc4c3)c3cc(OCc4cc(C)ccc4OC)ccc3c(-c3ccc4c(-c5ccccc5)c5ccccc5c(-c5ccccc5)c4c3)c2c1.CCCCCCCCCCc1ccc2c(-c3ccc(-c4ccccc4)cc3)c3cc(CCCCCCCCCC)ccc3c(C3=CC4=CC=C(c5ccc6c(c5)c5cc(C(C)(C)C)ccc5n6C(C)CC)CC4C=C3)c2c1. The van der Waals surface area contributed by atoms with Crippen LogP contribution in [0.15, 0.2) is 364 Å². The van der Waals surface area contributed by atoms with E-state index in [-0.39, 0.29) is 5.41 Å². The number of aryl methyl sites for hydroxylation is 3. The van der Waals surface area contributed by atoms with Crippen LogP contribution in [0, 0.1) is 12.8 Å². The number of nitrogens with zero attached hydrogens (tertiary/aromatic N) is 1. The van der Waals surface area contributed by atoms with E-state index in [0.29, 0.717) is 25.2 Å². The van der Waals surface area contributed by atoms with Crippen molar-refractivity contribution in [1.29, 1.82) is 0 Å². The first kappa shape index (κ1) is 102. The first-order chi connectivity index (χ1) is 73.2. The van der Waals surface area contributed by atoms with Crippen LogP contribution >= 0.6 is 0 Å². The maximum absolute atomic E-state index is 6.75. The smallest absolute Gasteiger partial charge is 0.125 e. The topological polar surface area (TPSA) is 32.6 Å². The summed E-state index contributed by atoms with van der Waals surface area (Å²) in [5.74, 6) is 2.85. The van der Waals surface area contributed by atoms with Crippen LogP contribution in [0.3, 0.4) is 0 Å². The molecule has 149 heavy (non-hydrogen) atoms. The molecule has 2 unspecified atom stereocenters. The highest BCUT2D eigenvalue weighted by Crippen LogP contribution is 2.53. The van der Waals surface area contributed by atoms with Crippen molar-refractivity contribution < 1.29 is 14.2 Å². The normalized spacial score (nSPS) is 13.4. The van der Waals surface area contributed by atoms with Gasteiger partial charge in [-0.05, 0) is 324 Å². The predicted octanol–water partition coefficient (Wildman–Crippen LogP) is 42.6. The number of hydrogen-bond acceptors (Lipinski definition) is 3. The van der Waals surface area contributed by atoms with Gasteiger partial charge in [-0.3, -0.25) is 0 Å². The zero-order valence-corrected chi connectivity index (χ0v) is 90.1. The molecule has 0 fully saturated rings. The fraction of sp³-hybridized carbons (Fsp3) is 0.297. The van der Waals surface area contributed by atoms with Crippen LogP contribution in [0.25, 0.3) is 175 Å². The van der Waals surface area contributed by atoms with E-state index < -0.39 is 0 Å². The fourth-order valence-electron chi connectivity index (χ4n) is 24.0. The monoisotopic (exact) mass is 1950 g/mol. The van der Waals surface area contributed by atoms with Gasteiger partial charge in [0.1, 0.15) is 23.9 Å². The van der Waals surface area contributed by atoms with Gasteiger partial charge in [0, 0.05) is 39.3 Å². The zero-order valence-electron chi connectivity index (χ0n) is 90.1. The minimum atomic E-state index is 0.0872. The van der Waals surface area contributed by atoms with Crippen LogP contribution in [0.4, 0.5) is 0 Å². The van der Waals surface area contributed by atoms with Gasteiger partial charge in [0.25, 0.3) is 0 Å². The molecule has 18 aromatic carbocycles. The average Bonchev–Trinajstić information content (AvgIpc) is 1.24. The van der Waals surface area contributed by atoms with Crippen molar-refractivity contribution >= 4 is 108 Å². The molecule has 4 heteroatoms. The molecule has 19 aromatic rings. The molecule has 0 N–H and O–H groups in total. The molecule has 0 amide bonds. The Kier molecular flexibility index (Phi) is 32.9. The van der Waals surface area contributed by atoms with Gasteiger partial charge < -0.3 is 18.8 Å². The Morgan fingerprint density at radius 1 is 0.329 bits per heavy atom. The highest BCUT2D eigenvalue weighted by Gasteiger charge is 2.29. The summed E-state index contributed by atoms with van der Waals surface area (Å²) in [6, 6.07) is 124. The standard InChI is InChI=1S/C76H89N.C69H62O3/c1-8-11-13-15-17-19-21-24-28-55-33-45-67-70(48-55)74(59-36-34-58(35-37-59)57-30-26-23-27-31-57)66-44-32-56(29-25-22-20-18-16-14-12-9-2)49-71(66)75(67)64-41-40-60-50-61(38-39-62(60)51-64)63-42-46-72-68(52-63)69-53-65(76(5,6)7)43-47-73(69)77(72)54(4)10-3;1-4-5-6-7-8-9-10-21-40-71-55-34-37-60-63(44-55)69(53-33-36-59-62(43-53)67(50-25-15-12-16-26-50)58-29-20-19-28-57(58)66(59)49-23-13-11-14-24-49)61-38-35-56(72-46-54-41-47(2)30-39-65(54)70-3)45-64(61)68(60)52-32-31-48-22-17-18-27-51(48)42-52/h23,26-27,30-49,51-54,60H,8-22,24-25,28-29,50H2,1-7H3;11-20,22-39,41-45H,4-10,21,40,46H2,1-3H3. The second kappa shape index (κ2) is 48.1. The van der Waals surface area contributed by atoms with Gasteiger partial charge >= 0.3 is 0 Å². The minimum Gasteiger partial charge on any atom is -0.496 e. The molecule has 0 bridgehead atoms. The summed E-state index contributed by atoms with van der Waals surface area (Å²) in [4.78, 5) is 0. The van der Waals surface area contributed by atoms with Gasteiger partial charge in [0.2, 0.25) is 0 Å². The number of hydrogen-bond donors (Lipinski definition) is 0. The van der Waals surface area contributed by atoms with Crippen molar-refractivity contribution in [1.82, 2.24) is 4.57 Å². The summed E-state index contributed by atoms with van der Waals surface area (Å²) < 4.78 is 21.8. The molecular weight excluding hydrogens is 1800 g/mol. The number of aromatic nitrogens is 1. The van der Waals surface area contributed by atoms with Gasteiger partial charge in [-0.25, -0.2) is 0 Å². The second-order valence-electron chi connectivity index (χ2n) is 43.8. The average molecular weight is 1960 g/mol. The van der Waals surface area contributed by atoms with Crippen molar-refractivity contribution in [2.45, 2.75) is 260 Å². The first-order valence-electron chi connectivity index (χ1n) is 56.8. The van der Waals surface area contributed by atoms with Crippen molar-refractivity contribution in [3.05, 3.63) is 402 Å². The summed E-state index contributed by atoms with van der Waals surface area (Å²) in [6.45, 7) is 21.8. The van der Waals surface area contributed by atoms with E-state index in [4.69, 9.17) is 14.2 Å². The van der Waals surface area contributed by atoms with E-state index in [0.717, 1.165) is 87.6 Å². The summed E-state index contributed by atoms with van der Waals surface area (Å²) >= 11 is 0. The third-order valence-corrected chi connectivity index (χ3v) is 32.3. The molecule has 0 radical (unpaired) electrons. The molecular formula is C145H151NO3. The number of rotatable bonds is 42. The minimum absolute atomic E-state index is 0.0872. The third kappa shape index (κ3) is 22.9. The zero-order chi connectivity index (χ0) is 102. The first-order valence-corrected chi connectivity index (χ1v) is 56.8. The number of benzene rings is 18. The molecule has 2 aliphatic rings. The lowest BCUT2D eigenvalue weighted by Gasteiger charge is -2.26. The Bertz CT molecular complexity index is 8090. The second-order valence-corrected chi connectivity index (χ2v) is 43.8. The number of ether oxygens (including phenoxy) is 3. The van der Waals surface area contributed by atoms with Crippen molar-refractivity contribution in [3.8, 4) is 84.0 Å². The number of allylic oxidation sites excluding steroid dienone is 8. The van der Waals surface area contributed by atoms with E-state index in [1.54, 1.807) is 7.11 Å². The lowest BCUT2D eigenvalue weighted by Crippen LogP contribution is -2.10. The van der Waals surface area contributed by atoms with Crippen LogP contribution in [-0.2, 0) is 24.9 Å². The van der Waals surface area contributed by atoms with Gasteiger partial charge in [-0.15, -0.1) is 0 Å². The molecule has 21 rings (SSSR count). The molecule has 1 aromatic heterocycles. The molecule has 0 saturated heterocycles. The lowest BCUT2D eigenvalue weighted by molar-refractivity contribution is 0.297. The summed E-state index contributed by atoms with van der Waals surface area (Å²) in [5, 5.41) is 20.2. The Morgan fingerprint density at radius 2 is 0.752 bits per heavy atom. The van der Waals surface area contributed by atoms with Crippen LogP contribution in [0.5, 0.6) is 17.2 Å². The molecule has 0 saturated carbocycles. The summed E-state index contributed by atoms with van der Waals surface area (Å²) in [5.41, 5.74) is 30.9. The maximum Gasteiger partial charge on any atom is 0.125 e. The largest absolute Gasteiger partial charge is 0.496 e. The van der Waals surface area contributed by atoms with Crippen LogP contribution in [0.1, 0.15) is 267 Å². The van der Waals surface area contributed by atoms with Crippen LogP contribution in [0.2, 0.25) is 0 Å². The van der Waals surface area contributed by atoms with Gasteiger partial charge in [0.05, 0.1) is 13.7 Å². The Morgan fingerprint density at radius 3 is 1.33 bits per heavy atom. The van der Waals surface area contributed by atoms with E-state index >= 15 is 0 Å². The molecule has 2 aliphatic carbocycles. The number of fused-ring (bicyclic) bond motifs is 11. The lowest BCUT2D eigenvalue weighted by atomic mass is 9.78. The van der Waals surface area contributed by atoms with Crippen molar-refractivity contribution in [2.75, 3.05) is 13.7 Å². The number of unbranched alkanes of at least 4 members (excludes halogenated alkanes) is 21. The van der Waals surface area contributed by atoms with Gasteiger partial charge in [-0.1, -0.05) is 474 Å². The molecule has 2 atom stereocenters. The van der Waals surface area contributed by atoms with Crippen LogP contribution in [-0.4, -0.2) is 18.3 Å². The summed E-state index contributed by atoms with van der Waals surface area (Å²) in [7, 11) is 1.72. The number of methoxy groups -OCH3 is 1. The van der Waals surface area contributed by atoms with E-state index in [2.05, 4.69) is 419 Å². The molecule has 0 aliphatic heterocycles. The highest BCUT2D eigenvalue weighted by molar-refractivity contribution is 6.26. The van der Waals surface area contributed by atoms with Gasteiger partial charge in [-0.2, -0.15) is 0 Å². The molecule has 754 valence electrons. The Hall–Kier alpha value is -14.1. The van der Waals surface area contributed by atoms with E-state index in [1.807, 2.05) is 6.07 Å². The fourth-order valence-corrected chi connectivity index (χ4v) is 24.0. The Labute approximate surface area is 887 Å². The highest BCUT2D eigenvalue weighted by atomic mass is 16.5. The molecule has 0 spiro atoms. The van der Waals surface area contributed by atoms with E-state index in [9.17, 15) is 0 Å². The maximum atomic E-state index is 6.75. The molecule has 4 nitrogen and oxygen atoms in total. The predicted molar refractivity (Wildman–Crippen MR) is 645 cm³/mol. The Balaban J connectivity index is 0.000000181. The quantitative estimate of drug-likeness (QED) is 0.0282.